The molecule has 1 aliphatic heterocycles. The average Bonchev–Trinajstić information content (AvgIpc) is 3.25. The van der Waals surface area contributed by atoms with Gasteiger partial charge in [-0.1, -0.05) is 12.1 Å². The van der Waals surface area contributed by atoms with Gasteiger partial charge in [-0.15, -0.1) is 0 Å². The van der Waals surface area contributed by atoms with Crippen molar-refractivity contribution in [1.82, 2.24) is 15.3 Å². The molecule has 0 saturated carbocycles. The molecule has 1 aromatic carbocycles. The van der Waals surface area contributed by atoms with Gasteiger partial charge in [0, 0.05) is 13.0 Å². The van der Waals surface area contributed by atoms with Gasteiger partial charge in [0.05, 0.1) is 23.2 Å². The molecule has 1 amide bonds. The Morgan fingerprint density at radius 1 is 1.50 bits per heavy atom. The number of ether oxygens (including phenoxy) is 1. The fraction of sp³-hybridized carbons (Fsp3) is 0.556. The van der Waals surface area contributed by atoms with Crippen molar-refractivity contribution in [3.05, 3.63) is 30.1 Å². The summed E-state index contributed by atoms with van der Waals surface area (Å²) in [6, 6.07) is 7.89. The zero-order valence-electron chi connectivity index (χ0n) is 14.1. The number of carbonyl (C=O) groups is 1. The number of carbonyl (C=O) groups excluding carboxylic acids is 1. The molecule has 130 valence electrons. The largest absolute Gasteiger partial charge is 0.378 e. The highest BCUT2D eigenvalue weighted by atomic mass is 32.2. The van der Waals surface area contributed by atoms with Crippen LogP contribution in [0, 0.1) is 0 Å². The topological polar surface area (TPSA) is 67.0 Å². The molecule has 0 bridgehead atoms. The Kier molecular flexibility index (Phi) is 6.15. The number of nitrogens with zero attached hydrogens (tertiary/aromatic N) is 1. The average molecular weight is 347 g/mol. The lowest BCUT2D eigenvalue weighted by atomic mass is 10.1. The number of fused-ring (bicyclic) bond motifs is 1. The van der Waals surface area contributed by atoms with Gasteiger partial charge in [-0.05, 0) is 49.8 Å². The number of hydrogen-bond acceptors (Lipinski definition) is 4. The normalized spacial score (nSPS) is 18.8. The molecule has 2 aromatic rings. The lowest BCUT2D eigenvalue weighted by Gasteiger charge is -2.17. The van der Waals surface area contributed by atoms with Gasteiger partial charge in [-0.2, -0.15) is 11.8 Å². The second-order valence-corrected chi connectivity index (χ2v) is 7.20. The second-order valence-electron chi connectivity index (χ2n) is 6.21. The summed E-state index contributed by atoms with van der Waals surface area (Å²) >= 11 is 1.78. The van der Waals surface area contributed by atoms with E-state index in [1.807, 2.05) is 24.3 Å². The maximum atomic E-state index is 12.3. The standard InChI is InChI=1S/C18H25N3O2S/c1-24-12-10-16(18-20-14-6-2-3-7-15(14)21-18)19-17(22)9-8-13-5-4-11-23-13/h2-3,6-7,13,16H,4-5,8-12H2,1H3,(H,19,22)(H,20,21)/t13?,16-/m0/s1. The highest BCUT2D eigenvalue weighted by molar-refractivity contribution is 7.98. The number of hydrogen-bond donors (Lipinski definition) is 2. The van der Waals surface area contributed by atoms with Gasteiger partial charge in [-0.25, -0.2) is 4.98 Å². The number of benzene rings is 1. The highest BCUT2D eigenvalue weighted by Gasteiger charge is 2.20. The number of amides is 1. The van der Waals surface area contributed by atoms with Crippen LogP contribution in [0.15, 0.2) is 24.3 Å². The second kappa shape index (κ2) is 8.53. The first kappa shape index (κ1) is 17.3. The quantitative estimate of drug-likeness (QED) is 0.768. The molecule has 0 spiro atoms. The van der Waals surface area contributed by atoms with Gasteiger partial charge in [0.15, 0.2) is 0 Å². The number of H-pyrrole nitrogens is 1. The molecule has 0 radical (unpaired) electrons. The minimum absolute atomic E-state index is 0.0677. The molecule has 1 aromatic heterocycles. The van der Waals surface area contributed by atoms with Crippen LogP contribution in [0.25, 0.3) is 11.0 Å². The van der Waals surface area contributed by atoms with E-state index in [2.05, 4.69) is 21.5 Å². The van der Waals surface area contributed by atoms with Gasteiger partial charge in [0.2, 0.25) is 5.91 Å². The number of thioether (sulfide) groups is 1. The molecule has 1 fully saturated rings. The highest BCUT2D eigenvalue weighted by Crippen LogP contribution is 2.21. The summed E-state index contributed by atoms with van der Waals surface area (Å²) in [7, 11) is 0. The summed E-state index contributed by atoms with van der Waals surface area (Å²) in [4.78, 5) is 20.3. The van der Waals surface area contributed by atoms with E-state index in [0.29, 0.717) is 6.42 Å². The third-order valence-corrected chi connectivity index (χ3v) is 5.04. The lowest BCUT2D eigenvalue weighted by Crippen LogP contribution is -2.30. The van der Waals surface area contributed by atoms with E-state index in [9.17, 15) is 4.79 Å². The van der Waals surface area contributed by atoms with Crippen LogP contribution in [0.2, 0.25) is 0 Å². The van der Waals surface area contributed by atoms with E-state index >= 15 is 0 Å². The zero-order chi connectivity index (χ0) is 16.8. The molecular formula is C18H25N3O2S. The molecule has 5 nitrogen and oxygen atoms in total. The maximum Gasteiger partial charge on any atom is 0.220 e. The molecule has 1 aliphatic rings. The van der Waals surface area contributed by atoms with Crippen molar-refractivity contribution in [2.75, 3.05) is 18.6 Å². The minimum Gasteiger partial charge on any atom is -0.378 e. The molecule has 2 atom stereocenters. The smallest absolute Gasteiger partial charge is 0.220 e. The van der Waals surface area contributed by atoms with Crippen LogP contribution in [0.3, 0.4) is 0 Å². The summed E-state index contributed by atoms with van der Waals surface area (Å²) in [6.07, 6.45) is 6.71. The van der Waals surface area contributed by atoms with Crippen LogP contribution in [0.4, 0.5) is 0 Å². The van der Waals surface area contributed by atoms with Crippen molar-refractivity contribution in [2.45, 2.75) is 44.2 Å². The lowest BCUT2D eigenvalue weighted by molar-refractivity contribution is -0.122. The van der Waals surface area contributed by atoms with Crippen LogP contribution in [-0.4, -0.2) is 40.6 Å². The van der Waals surface area contributed by atoms with Gasteiger partial charge in [-0.3, -0.25) is 4.79 Å². The summed E-state index contributed by atoms with van der Waals surface area (Å²) in [5, 5.41) is 3.15. The van der Waals surface area contributed by atoms with E-state index in [-0.39, 0.29) is 18.1 Å². The van der Waals surface area contributed by atoms with Crippen molar-refractivity contribution in [3.8, 4) is 0 Å². The summed E-state index contributed by atoms with van der Waals surface area (Å²) in [6.45, 7) is 0.835. The Morgan fingerprint density at radius 2 is 2.38 bits per heavy atom. The molecular weight excluding hydrogens is 322 g/mol. The predicted molar refractivity (Wildman–Crippen MR) is 98.2 cm³/mol. The monoisotopic (exact) mass is 347 g/mol. The molecule has 2 heterocycles. The number of aromatic nitrogens is 2. The zero-order valence-corrected chi connectivity index (χ0v) is 14.9. The Labute approximate surface area is 146 Å². The van der Waals surface area contributed by atoms with Crippen molar-refractivity contribution < 1.29 is 9.53 Å². The van der Waals surface area contributed by atoms with Crippen molar-refractivity contribution in [2.24, 2.45) is 0 Å². The van der Waals surface area contributed by atoms with E-state index in [4.69, 9.17) is 4.74 Å². The van der Waals surface area contributed by atoms with Crippen LogP contribution in [-0.2, 0) is 9.53 Å². The Hall–Kier alpha value is -1.53. The van der Waals surface area contributed by atoms with Crippen LogP contribution >= 0.6 is 11.8 Å². The molecule has 1 unspecified atom stereocenters. The molecule has 3 rings (SSSR count). The van der Waals surface area contributed by atoms with E-state index in [0.717, 1.165) is 54.9 Å². The van der Waals surface area contributed by atoms with Gasteiger partial charge in [0.1, 0.15) is 5.82 Å². The van der Waals surface area contributed by atoms with Gasteiger partial charge in [0.25, 0.3) is 0 Å². The fourth-order valence-electron chi connectivity index (χ4n) is 3.08. The molecule has 2 N–H and O–H groups in total. The number of aromatic amines is 1. The third kappa shape index (κ3) is 4.51. The van der Waals surface area contributed by atoms with E-state index in [1.165, 1.54) is 0 Å². The molecule has 24 heavy (non-hydrogen) atoms. The van der Waals surface area contributed by atoms with Crippen LogP contribution in [0.5, 0.6) is 0 Å². The maximum absolute atomic E-state index is 12.3. The number of nitrogens with one attached hydrogen (secondary N) is 2. The summed E-state index contributed by atoms with van der Waals surface area (Å²) in [5.74, 6) is 1.90. The van der Waals surface area contributed by atoms with Crippen molar-refractivity contribution >= 4 is 28.7 Å². The SMILES string of the molecule is CSCC[C@H](NC(=O)CCC1CCCO1)c1nc2ccccc2[nH]1. The van der Waals surface area contributed by atoms with Crippen molar-refractivity contribution in [1.29, 1.82) is 0 Å². The number of para-hydroxylation sites is 2. The minimum atomic E-state index is -0.0677. The third-order valence-electron chi connectivity index (χ3n) is 4.40. The summed E-state index contributed by atoms with van der Waals surface area (Å²) < 4.78 is 5.60. The van der Waals surface area contributed by atoms with E-state index in [1.54, 1.807) is 11.8 Å². The van der Waals surface area contributed by atoms with Gasteiger partial charge >= 0.3 is 0 Å². The predicted octanol–water partition coefficient (Wildman–Crippen LogP) is 3.43. The molecule has 0 aliphatic carbocycles. The van der Waals surface area contributed by atoms with E-state index < -0.39 is 0 Å². The summed E-state index contributed by atoms with van der Waals surface area (Å²) in [5.41, 5.74) is 1.95. The molecule has 1 saturated heterocycles. The first-order valence-corrected chi connectivity index (χ1v) is 10.00. The van der Waals surface area contributed by atoms with Gasteiger partial charge < -0.3 is 15.0 Å². The Bertz CT molecular complexity index is 634. The van der Waals surface area contributed by atoms with Crippen LogP contribution in [0.1, 0.15) is 44.0 Å². The number of imidazole rings is 1. The first-order valence-electron chi connectivity index (χ1n) is 8.61. The van der Waals surface area contributed by atoms with Crippen molar-refractivity contribution in [3.63, 3.8) is 0 Å². The number of rotatable bonds is 8. The Morgan fingerprint density at radius 3 is 3.12 bits per heavy atom. The Balaban J connectivity index is 1.62. The van der Waals surface area contributed by atoms with Crippen LogP contribution < -0.4 is 5.32 Å². The first-order chi connectivity index (χ1) is 11.8. The molecule has 6 heteroatoms. The fourth-order valence-corrected chi connectivity index (χ4v) is 3.55.